The van der Waals surface area contributed by atoms with Gasteiger partial charge in [0.15, 0.2) is 0 Å². The molecule has 1 saturated heterocycles. The standard InChI is InChI=1S/C16H32N2O/c1-16(2)8-5-14(15(16)17-3)12-18(4)11-13-6-9-19-10-7-13/h13-15,17H,5-12H2,1-4H3. The SMILES string of the molecule is CNC1C(CN(C)CC2CCOCC2)CCC1(C)C. The number of hydrogen-bond donors (Lipinski definition) is 1. The van der Waals surface area contributed by atoms with Gasteiger partial charge in [0.05, 0.1) is 0 Å². The van der Waals surface area contributed by atoms with Crippen molar-refractivity contribution in [2.45, 2.75) is 45.6 Å². The number of hydrogen-bond acceptors (Lipinski definition) is 3. The van der Waals surface area contributed by atoms with E-state index in [1.165, 1.54) is 38.8 Å². The minimum atomic E-state index is 0.457. The Kier molecular flexibility index (Phi) is 5.27. The maximum Gasteiger partial charge on any atom is 0.0469 e. The Bertz CT molecular complexity index is 274. The highest BCUT2D eigenvalue weighted by molar-refractivity contribution is 4.96. The van der Waals surface area contributed by atoms with Gasteiger partial charge in [-0.1, -0.05) is 13.8 Å². The molecule has 1 heterocycles. The molecule has 0 amide bonds. The van der Waals surface area contributed by atoms with Crippen LogP contribution >= 0.6 is 0 Å². The zero-order valence-electron chi connectivity index (χ0n) is 13.2. The topological polar surface area (TPSA) is 24.5 Å². The van der Waals surface area contributed by atoms with Gasteiger partial charge in [-0.3, -0.25) is 0 Å². The molecule has 0 aromatic carbocycles. The highest BCUT2D eigenvalue weighted by Gasteiger charge is 2.41. The first-order valence-corrected chi connectivity index (χ1v) is 7.96. The monoisotopic (exact) mass is 268 g/mol. The van der Waals surface area contributed by atoms with Gasteiger partial charge in [0.1, 0.15) is 0 Å². The fourth-order valence-corrected chi connectivity index (χ4v) is 4.19. The summed E-state index contributed by atoms with van der Waals surface area (Å²) in [4.78, 5) is 2.56. The Morgan fingerprint density at radius 1 is 1.16 bits per heavy atom. The fourth-order valence-electron chi connectivity index (χ4n) is 4.19. The van der Waals surface area contributed by atoms with E-state index in [0.29, 0.717) is 11.5 Å². The average Bonchev–Trinajstić information content (AvgIpc) is 2.65. The summed E-state index contributed by atoms with van der Waals surface area (Å²) in [5.74, 6) is 1.66. The van der Waals surface area contributed by atoms with Crippen LogP contribution in [0.2, 0.25) is 0 Å². The predicted molar refractivity (Wildman–Crippen MR) is 80.4 cm³/mol. The minimum Gasteiger partial charge on any atom is -0.381 e. The summed E-state index contributed by atoms with van der Waals surface area (Å²) in [6, 6.07) is 0.671. The van der Waals surface area contributed by atoms with Crippen LogP contribution in [-0.4, -0.2) is 51.3 Å². The van der Waals surface area contributed by atoms with Crippen molar-refractivity contribution < 1.29 is 4.74 Å². The van der Waals surface area contributed by atoms with E-state index in [4.69, 9.17) is 4.74 Å². The number of ether oxygens (including phenoxy) is 1. The van der Waals surface area contributed by atoms with Gasteiger partial charge >= 0.3 is 0 Å². The third-order valence-electron chi connectivity index (χ3n) is 5.24. The Hall–Kier alpha value is -0.120. The van der Waals surface area contributed by atoms with Crippen molar-refractivity contribution in [2.24, 2.45) is 17.3 Å². The second-order valence-corrected chi connectivity index (χ2v) is 7.33. The van der Waals surface area contributed by atoms with E-state index in [1.807, 2.05) is 0 Å². The van der Waals surface area contributed by atoms with Crippen molar-refractivity contribution in [3.63, 3.8) is 0 Å². The van der Waals surface area contributed by atoms with Gasteiger partial charge < -0.3 is 15.0 Å². The molecule has 2 fully saturated rings. The lowest BCUT2D eigenvalue weighted by atomic mass is 9.85. The lowest BCUT2D eigenvalue weighted by molar-refractivity contribution is 0.0532. The van der Waals surface area contributed by atoms with Crippen LogP contribution in [0.4, 0.5) is 0 Å². The Labute approximate surface area is 119 Å². The molecular formula is C16H32N2O. The van der Waals surface area contributed by atoms with E-state index in [9.17, 15) is 0 Å². The molecule has 1 N–H and O–H groups in total. The van der Waals surface area contributed by atoms with Crippen molar-refractivity contribution in [3.05, 3.63) is 0 Å². The highest BCUT2D eigenvalue weighted by Crippen LogP contribution is 2.41. The van der Waals surface area contributed by atoms with E-state index < -0.39 is 0 Å². The maximum atomic E-state index is 5.45. The molecule has 1 aliphatic carbocycles. The largest absolute Gasteiger partial charge is 0.381 e. The molecule has 1 aliphatic heterocycles. The van der Waals surface area contributed by atoms with Crippen LogP contribution in [0.3, 0.4) is 0 Å². The van der Waals surface area contributed by atoms with Crippen LogP contribution in [0.15, 0.2) is 0 Å². The first-order chi connectivity index (χ1) is 9.03. The van der Waals surface area contributed by atoms with Gasteiger partial charge in [-0.15, -0.1) is 0 Å². The molecule has 2 rings (SSSR count). The van der Waals surface area contributed by atoms with Gasteiger partial charge in [0.25, 0.3) is 0 Å². The smallest absolute Gasteiger partial charge is 0.0469 e. The van der Waals surface area contributed by atoms with Crippen molar-refractivity contribution >= 4 is 0 Å². The quantitative estimate of drug-likeness (QED) is 0.828. The normalized spacial score (nSPS) is 32.1. The van der Waals surface area contributed by atoms with Crippen LogP contribution in [0.25, 0.3) is 0 Å². The van der Waals surface area contributed by atoms with Gasteiger partial charge in [0.2, 0.25) is 0 Å². The van der Waals surface area contributed by atoms with Gasteiger partial charge in [0, 0.05) is 32.3 Å². The zero-order valence-corrected chi connectivity index (χ0v) is 13.2. The summed E-state index contributed by atoms with van der Waals surface area (Å²) in [6.45, 7) is 9.24. The van der Waals surface area contributed by atoms with Gasteiger partial charge in [-0.05, 0) is 57.0 Å². The zero-order chi connectivity index (χ0) is 13.9. The van der Waals surface area contributed by atoms with Crippen LogP contribution in [0.1, 0.15) is 39.5 Å². The van der Waals surface area contributed by atoms with Crippen LogP contribution < -0.4 is 5.32 Å². The molecule has 3 nitrogen and oxygen atoms in total. The molecule has 19 heavy (non-hydrogen) atoms. The summed E-state index contributed by atoms with van der Waals surface area (Å²) < 4.78 is 5.45. The number of rotatable bonds is 5. The molecule has 2 unspecified atom stereocenters. The second-order valence-electron chi connectivity index (χ2n) is 7.33. The summed E-state index contributed by atoms with van der Waals surface area (Å²) in [7, 11) is 4.43. The van der Waals surface area contributed by atoms with Crippen molar-refractivity contribution in [1.82, 2.24) is 10.2 Å². The van der Waals surface area contributed by atoms with E-state index in [0.717, 1.165) is 25.0 Å². The average molecular weight is 268 g/mol. The Morgan fingerprint density at radius 3 is 2.47 bits per heavy atom. The first kappa shape index (κ1) is 15.3. The Morgan fingerprint density at radius 2 is 1.84 bits per heavy atom. The van der Waals surface area contributed by atoms with Gasteiger partial charge in [-0.2, -0.15) is 0 Å². The van der Waals surface area contributed by atoms with Crippen LogP contribution in [0.5, 0.6) is 0 Å². The molecule has 2 atom stereocenters. The lowest BCUT2D eigenvalue weighted by Crippen LogP contribution is -2.44. The summed E-state index contributed by atoms with van der Waals surface area (Å²) in [5.41, 5.74) is 0.457. The molecular weight excluding hydrogens is 236 g/mol. The molecule has 3 heteroatoms. The molecule has 112 valence electrons. The minimum absolute atomic E-state index is 0.457. The van der Waals surface area contributed by atoms with Crippen molar-refractivity contribution in [1.29, 1.82) is 0 Å². The Balaban J connectivity index is 1.79. The fraction of sp³-hybridized carbons (Fsp3) is 1.00. The van der Waals surface area contributed by atoms with E-state index >= 15 is 0 Å². The molecule has 0 aromatic heterocycles. The first-order valence-electron chi connectivity index (χ1n) is 7.96. The van der Waals surface area contributed by atoms with E-state index in [2.05, 4.69) is 38.2 Å². The molecule has 0 radical (unpaired) electrons. The summed E-state index contributed by atoms with van der Waals surface area (Å²) >= 11 is 0. The molecule has 0 bridgehead atoms. The molecule has 0 aromatic rings. The predicted octanol–water partition coefficient (Wildman–Crippen LogP) is 2.37. The number of nitrogens with zero attached hydrogens (tertiary/aromatic N) is 1. The molecule has 1 saturated carbocycles. The summed E-state index contributed by atoms with van der Waals surface area (Å²) in [5, 5.41) is 3.57. The molecule has 0 spiro atoms. The van der Waals surface area contributed by atoms with Gasteiger partial charge in [-0.25, -0.2) is 0 Å². The van der Waals surface area contributed by atoms with Crippen LogP contribution in [0, 0.1) is 17.3 Å². The number of nitrogens with one attached hydrogen (secondary N) is 1. The van der Waals surface area contributed by atoms with Crippen molar-refractivity contribution in [2.75, 3.05) is 40.4 Å². The summed E-state index contributed by atoms with van der Waals surface area (Å²) in [6.07, 6.45) is 5.22. The van der Waals surface area contributed by atoms with E-state index in [-0.39, 0.29) is 0 Å². The highest BCUT2D eigenvalue weighted by atomic mass is 16.5. The van der Waals surface area contributed by atoms with Crippen LogP contribution in [-0.2, 0) is 4.74 Å². The lowest BCUT2D eigenvalue weighted by Gasteiger charge is -2.34. The third kappa shape index (κ3) is 3.93. The van der Waals surface area contributed by atoms with Crippen molar-refractivity contribution in [3.8, 4) is 0 Å². The maximum absolute atomic E-state index is 5.45. The van der Waals surface area contributed by atoms with E-state index in [1.54, 1.807) is 0 Å². The second kappa shape index (κ2) is 6.55. The third-order valence-corrected chi connectivity index (χ3v) is 5.24. The molecule has 2 aliphatic rings.